The summed E-state index contributed by atoms with van der Waals surface area (Å²) in [6, 6.07) is 10.5. The van der Waals surface area contributed by atoms with E-state index in [1.165, 1.54) is 0 Å². The number of carbonyl (C=O) groups excluding carboxylic acids is 1. The third kappa shape index (κ3) is 3.12. The summed E-state index contributed by atoms with van der Waals surface area (Å²) in [5.74, 6) is 1.72. The number of nitrogens with zero attached hydrogens (tertiary/aromatic N) is 3. The number of imidazole rings is 1. The predicted octanol–water partition coefficient (Wildman–Crippen LogP) is 3.52. The van der Waals surface area contributed by atoms with Gasteiger partial charge in [0.2, 0.25) is 11.8 Å². The average molecular weight is 329 g/mol. The van der Waals surface area contributed by atoms with Crippen molar-refractivity contribution in [1.82, 2.24) is 14.6 Å². The van der Waals surface area contributed by atoms with Crippen molar-refractivity contribution in [2.24, 2.45) is 5.92 Å². The summed E-state index contributed by atoms with van der Waals surface area (Å²) in [5.41, 5.74) is 0.638. The number of hydrogen-bond acceptors (Lipinski definition) is 4. The van der Waals surface area contributed by atoms with Gasteiger partial charge in [-0.1, -0.05) is 11.6 Å². The number of rotatable bonds is 4. The van der Waals surface area contributed by atoms with E-state index >= 15 is 0 Å². The fraction of sp³-hybridized carbons (Fsp3) is 0.188. The van der Waals surface area contributed by atoms with Crippen molar-refractivity contribution in [3.63, 3.8) is 0 Å². The third-order valence-corrected chi connectivity index (χ3v) is 3.78. The Labute approximate surface area is 137 Å². The number of halogens is 1. The second-order valence-electron chi connectivity index (χ2n) is 5.42. The first-order chi connectivity index (χ1) is 11.2. The molecule has 1 fully saturated rings. The minimum absolute atomic E-state index is 0.0195. The van der Waals surface area contributed by atoms with E-state index in [9.17, 15) is 4.79 Å². The molecule has 2 aromatic heterocycles. The van der Waals surface area contributed by atoms with E-state index in [1.54, 1.807) is 47.1 Å². The van der Waals surface area contributed by atoms with Crippen molar-refractivity contribution in [2.75, 3.05) is 5.32 Å². The topological polar surface area (TPSA) is 68.5 Å². The van der Waals surface area contributed by atoms with Gasteiger partial charge in [0, 0.05) is 17.0 Å². The lowest BCUT2D eigenvalue weighted by Gasteiger charge is -2.04. The highest BCUT2D eigenvalue weighted by molar-refractivity contribution is 6.30. The number of hydrogen-bond donors (Lipinski definition) is 1. The van der Waals surface area contributed by atoms with Crippen LogP contribution in [0.15, 0.2) is 42.6 Å². The van der Waals surface area contributed by atoms with E-state index in [0.29, 0.717) is 28.1 Å². The summed E-state index contributed by atoms with van der Waals surface area (Å²) in [6.07, 6.45) is 3.58. The van der Waals surface area contributed by atoms with Crippen molar-refractivity contribution < 1.29 is 9.53 Å². The van der Waals surface area contributed by atoms with Crippen LogP contribution >= 0.6 is 11.6 Å². The monoisotopic (exact) mass is 328 g/mol. The van der Waals surface area contributed by atoms with Crippen LogP contribution in [-0.4, -0.2) is 20.5 Å². The van der Waals surface area contributed by atoms with Crippen molar-refractivity contribution >= 4 is 29.0 Å². The van der Waals surface area contributed by atoms with Gasteiger partial charge in [-0.05, 0) is 43.2 Å². The maximum Gasteiger partial charge on any atom is 0.237 e. The summed E-state index contributed by atoms with van der Waals surface area (Å²) in [6.45, 7) is 0. The molecule has 116 valence electrons. The Hall–Kier alpha value is -2.60. The van der Waals surface area contributed by atoms with Gasteiger partial charge < -0.3 is 10.1 Å². The molecule has 6 nitrogen and oxygen atoms in total. The van der Waals surface area contributed by atoms with Gasteiger partial charge in [-0.2, -0.15) is 0 Å². The fourth-order valence-corrected chi connectivity index (χ4v) is 2.30. The summed E-state index contributed by atoms with van der Waals surface area (Å²) in [4.78, 5) is 16.1. The van der Waals surface area contributed by atoms with Crippen LogP contribution < -0.4 is 10.1 Å². The third-order valence-electron chi connectivity index (χ3n) is 3.53. The quantitative estimate of drug-likeness (QED) is 0.795. The molecule has 1 aliphatic carbocycles. The normalized spacial score (nSPS) is 14.0. The lowest BCUT2D eigenvalue weighted by molar-refractivity contribution is -0.117. The van der Waals surface area contributed by atoms with Crippen LogP contribution in [0.2, 0.25) is 5.02 Å². The van der Waals surface area contributed by atoms with Gasteiger partial charge in [-0.15, -0.1) is 5.10 Å². The molecule has 0 spiro atoms. The number of fused-ring (bicyclic) bond motifs is 1. The van der Waals surface area contributed by atoms with Crippen molar-refractivity contribution in [2.45, 2.75) is 12.8 Å². The average Bonchev–Trinajstić information content (AvgIpc) is 3.31. The number of anilines is 1. The van der Waals surface area contributed by atoms with E-state index in [-0.39, 0.29) is 11.8 Å². The minimum Gasteiger partial charge on any atom is -0.438 e. The Morgan fingerprint density at radius 3 is 2.74 bits per heavy atom. The lowest BCUT2D eigenvalue weighted by atomic mass is 10.3. The molecule has 7 heteroatoms. The Morgan fingerprint density at radius 1 is 1.22 bits per heavy atom. The van der Waals surface area contributed by atoms with E-state index in [4.69, 9.17) is 16.3 Å². The molecule has 3 aromatic rings. The zero-order valence-electron chi connectivity index (χ0n) is 12.1. The van der Waals surface area contributed by atoms with Gasteiger partial charge in [0.1, 0.15) is 5.75 Å². The highest BCUT2D eigenvalue weighted by atomic mass is 35.5. The van der Waals surface area contributed by atoms with Crippen LogP contribution in [0.3, 0.4) is 0 Å². The first-order valence-electron chi connectivity index (χ1n) is 7.28. The molecular formula is C16H13ClN4O2. The number of nitrogens with one attached hydrogen (secondary N) is 1. The van der Waals surface area contributed by atoms with Crippen molar-refractivity contribution in [1.29, 1.82) is 0 Å². The van der Waals surface area contributed by atoms with E-state index in [1.807, 2.05) is 0 Å². The lowest BCUT2D eigenvalue weighted by Crippen LogP contribution is -2.13. The molecule has 4 rings (SSSR count). The van der Waals surface area contributed by atoms with Crippen LogP contribution in [0, 0.1) is 5.92 Å². The summed E-state index contributed by atoms with van der Waals surface area (Å²) < 4.78 is 7.25. The van der Waals surface area contributed by atoms with Gasteiger partial charge in [0.25, 0.3) is 0 Å². The predicted molar refractivity (Wildman–Crippen MR) is 85.9 cm³/mol. The van der Waals surface area contributed by atoms with Crippen LogP contribution in [-0.2, 0) is 4.79 Å². The summed E-state index contributed by atoms with van der Waals surface area (Å²) in [7, 11) is 0. The van der Waals surface area contributed by atoms with E-state index < -0.39 is 0 Å². The molecule has 0 bridgehead atoms. The molecule has 1 amide bonds. The molecule has 0 unspecified atom stereocenters. The maximum absolute atomic E-state index is 11.8. The molecule has 23 heavy (non-hydrogen) atoms. The van der Waals surface area contributed by atoms with Gasteiger partial charge in [0.05, 0.1) is 6.20 Å². The zero-order chi connectivity index (χ0) is 15.8. The molecule has 2 heterocycles. The Balaban J connectivity index is 1.54. The molecule has 0 aliphatic heterocycles. The van der Waals surface area contributed by atoms with E-state index in [0.717, 1.165) is 12.8 Å². The highest BCUT2D eigenvalue weighted by Gasteiger charge is 2.30. The van der Waals surface area contributed by atoms with Crippen LogP contribution in [0.5, 0.6) is 11.6 Å². The maximum atomic E-state index is 11.8. The fourth-order valence-electron chi connectivity index (χ4n) is 2.18. The van der Waals surface area contributed by atoms with E-state index in [2.05, 4.69) is 15.4 Å². The Kier molecular flexibility index (Phi) is 3.38. The Morgan fingerprint density at radius 2 is 2.00 bits per heavy atom. The number of amides is 1. The summed E-state index contributed by atoms with van der Waals surface area (Å²) in [5, 5.41) is 7.78. The first-order valence-corrected chi connectivity index (χ1v) is 7.66. The second-order valence-corrected chi connectivity index (χ2v) is 5.86. The minimum atomic E-state index is 0.0195. The first kappa shape index (κ1) is 14.0. The highest BCUT2D eigenvalue weighted by Crippen LogP contribution is 2.30. The molecule has 0 radical (unpaired) electrons. The van der Waals surface area contributed by atoms with Crippen LogP contribution in [0.25, 0.3) is 5.65 Å². The van der Waals surface area contributed by atoms with Crippen molar-refractivity contribution in [3.05, 3.63) is 47.6 Å². The zero-order valence-corrected chi connectivity index (χ0v) is 12.8. The van der Waals surface area contributed by atoms with Crippen molar-refractivity contribution in [3.8, 4) is 11.6 Å². The smallest absolute Gasteiger partial charge is 0.237 e. The Bertz CT molecular complexity index is 871. The molecule has 1 saturated carbocycles. The SMILES string of the molecule is O=C(Nc1cn2nc(Oc3ccc(Cl)cc3)ccc2n1)C1CC1. The molecule has 1 N–H and O–H groups in total. The molecule has 1 aromatic carbocycles. The van der Waals surface area contributed by atoms with Crippen LogP contribution in [0.4, 0.5) is 5.82 Å². The number of ether oxygens (including phenoxy) is 1. The number of benzene rings is 1. The summed E-state index contributed by atoms with van der Waals surface area (Å²) >= 11 is 5.85. The molecule has 1 aliphatic rings. The largest absolute Gasteiger partial charge is 0.438 e. The van der Waals surface area contributed by atoms with Crippen LogP contribution in [0.1, 0.15) is 12.8 Å². The molecular weight excluding hydrogens is 316 g/mol. The van der Waals surface area contributed by atoms with Gasteiger partial charge in [0.15, 0.2) is 11.5 Å². The standard InChI is InChI=1S/C16H13ClN4O2/c17-11-3-5-12(6-4-11)23-15-8-7-14-18-13(9-21(14)20-15)19-16(22)10-1-2-10/h3-10H,1-2H2,(H,19,22). The molecule has 0 atom stereocenters. The van der Waals surface area contributed by atoms with Gasteiger partial charge >= 0.3 is 0 Å². The number of aromatic nitrogens is 3. The van der Waals surface area contributed by atoms with Gasteiger partial charge in [-0.25, -0.2) is 9.50 Å². The van der Waals surface area contributed by atoms with Gasteiger partial charge in [-0.3, -0.25) is 4.79 Å². The second kappa shape index (κ2) is 5.55. The number of carbonyl (C=O) groups is 1. The molecule has 0 saturated heterocycles.